The normalized spacial score (nSPS) is 12.0. The first-order valence-corrected chi connectivity index (χ1v) is 21.8. The van der Waals surface area contributed by atoms with Gasteiger partial charge in [0.1, 0.15) is 25.7 Å². The van der Waals surface area contributed by atoms with Crippen LogP contribution in [0.25, 0.3) is 11.0 Å². The molecule has 2 aromatic heterocycles. The number of phosphoric acid groups is 1. The van der Waals surface area contributed by atoms with Gasteiger partial charge in [-0.15, -0.1) is 0 Å². The third-order valence-corrected chi connectivity index (χ3v) is 11.8. The van der Waals surface area contributed by atoms with E-state index in [2.05, 4.69) is 34.4 Å². The number of hydrogen-bond donors (Lipinski definition) is 2. The largest absolute Gasteiger partial charge is 1.00 e. The summed E-state index contributed by atoms with van der Waals surface area (Å²) >= 11 is 2.57. The Labute approximate surface area is 403 Å². The van der Waals surface area contributed by atoms with E-state index >= 15 is 0 Å². The van der Waals surface area contributed by atoms with Crippen LogP contribution in [0.3, 0.4) is 0 Å². The summed E-state index contributed by atoms with van der Waals surface area (Å²) in [5, 5.41) is 7.16. The number of nitrogens with one attached hydrogen (secondary N) is 2. The molecule has 0 aliphatic heterocycles. The molecule has 0 spiro atoms. The Morgan fingerprint density at radius 2 is 1.55 bits per heavy atom. The number of anilines is 2. The van der Waals surface area contributed by atoms with Crippen LogP contribution in [-0.2, 0) is 14.8 Å². The van der Waals surface area contributed by atoms with Gasteiger partial charge >= 0.3 is 59.1 Å². The van der Waals surface area contributed by atoms with Gasteiger partial charge in [0.15, 0.2) is 10.8 Å². The van der Waals surface area contributed by atoms with Crippen molar-refractivity contribution in [2.75, 3.05) is 5.32 Å². The van der Waals surface area contributed by atoms with Gasteiger partial charge in [-0.1, -0.05) is 87.6 Å². The Hall–Kier alpha value is -3.04. The van der Waals surface area contributed by atoms with E-state index in [9.17, 15) is 23.9 Å². The Bertz CT molecular complexity index is 2520. The van der Waals surface area contributed by atoms with Crippen LogP contribution in [0, 0.1) is 13.8 Å². The predicted molar refractivity (Wildman–Crippen MR) is 227 cm³/mol. The zero-order valence-electron chi connectivity index (χ0n) is 35.2. The molecule has 60 heavy (non-hydrogen) atoms. The van der Waals surface area contributed by atoms with Crippen molar-refractivity contribution in [3.05, 3.63) is 137 Å². The second-order valence-electron chi connectivity index (χ2n) is 15.0. The van der Waals surface area contributed by atoms with Crippen LogP contribution in [0.15, 0.2) is 118 Å². The summed E-state index contributed by atoms with van der Waals surface area (Å²) in [6.07, 6.45) is 1.53. The molecule has 16 heteroatoms. The number of benzene rings is 4. The van der Waals surface area contributed by atoms with Crippen LogP contribution in [0.2, 0.25) is 0 Å². The van der Waals surface area contributed by atoms with Crippen molar-refractivity contribution < 1.29 is 87.6 Å². The van der Waals surface area contributed by atoms with Gasteiger partial charge in [0.2, 0.25) is 0 Å². The van der Waals surface area contributed by atoms with Crippen molar-refractivity contribution in [3.8, 4) is 5.75 Å². The third-order valence-electron chi connectivity index (χ3n) is 9.45. The van der Waals surface area contributed by atoms with Crippen molar-refractivity contribution in [2.45, 2.75) is 86.9 Å². The maximum Gasteiger partial charge on any atom is 1.00 e. The smallest absolute Gasteiger partial charge is 0.780 e. The van der Waals surface area contributed by atoms with E-state index < -0.39 is 13.2 Å². The minimum atomic E-state index is -5.32. The maximum absolute atomic E-state index is 13.6. The summed E-state index contributed by atoms with van der Waals surface area (Å²) < 4.78 is 16.4. The second-order valence-corrected chi connectivity index (χ2v) is 18.4. The van der Waals surface area contributed by atoms with Gasteiger partial charge in [-0.2, -0.15) is 0 Å². The van der Waals surface area contributed by atoms with Crippen LogP contribution in [0.1, 0.15) is 91.3 Å². The summed E-state index contributed by atoms with van der Waals surface area (Å²) in [5.41, 5.74) is 4.72. The average Bonchev–Trinajstić information content (AvgIpc) is 3.15. The van der Waals surface area contributed by atoms with Crippen molar-refractivity contribution in [2.24, 2.45) is 0 Å². The second kappa shape index (κ2) is 21.4. The molecule has 0 bridgehead atoms. The maximum atomic E-state index is 13.6. The molecule has 1 atom stereocenters. The van der Waals surface area contributed by atoms with Crippen molar-refractivity contribution in [1.82, 2.24) is 20.3 Å². The number of aryl methyl sites for hydroxylation is 2. The first-order chi connectivity index (χ1) is 27.5. The Kier molecular flexibility index (Phi) is 17.7. The van der Waals surface area contributed by atoms with Crippen LogP contribution in [0.4, 0.5) is 11.5 Å². The van der Waals surface area contributed by atoms with E-state index in [0.29, 0.717) is 28.3 Å². The molecule has 300 valence electrons. The predicted octanol–water partition coefficient (Wildman–Crippen LogP) is 3.35. The number of nitrogens with zero attached hydrogens (tertiary/aromatic N) is 3. The summed E-state index contributed by atoms with van der Waals surface area (Å²) in [4.78, 5) is 66.2. The van der Waals surface area contributed by atoms with E-state index in [1.807, 2.05) is 106 Å². The van der Waals surface area contributed by atoms with Crippen LogP contribution >= 0.6 is 31.3 Å². The minimum absolute atomic E-state index is 0. The number of amides is 1. The van der Waals surface area contributed by atoms with Crippen molar-refractivity contribution in [1.29, 1.82) is 0 Å². The zero-order chi connectivity index (χ0) is 41.8. The van der Waals surface area contributed by atoms with E-state index in [4.69, 9.17) is 9.51 Å². The summed E-state index contributed by atoms with van der Waals surface area (Å²) in [6, 6.07) is 29.9. The minimum Gasteiger partial charge on any atom is -0.780 e. The van der Waals surface area contributed by atoms with Gasteiger partial charge in [0.25, 0.3) is 5.91 Å². The molecule has 0 fully saturated rings. The van der Waals surface area contributed by atoms with Crippen molar-refractivity contribution >= 4 is 64.9 Å². The first kappa shape index (κ1) is 49.6. The number of pyridine rings is 1. The quantitative estimate of drug-likeness (QED) is 0.0932. The number of carbonyl (C=O) groups excluding carboxylic acids is 2. The number of aromatic nitrogens is 3. The van der Waals surface area contributed by atoms with E-state index in [-0.39, 0.29) is 94.3 Å². The van der Waals surface area contributed by atoms with Crippen LogP contribution in [-0.4, -0.2) is 26.0 Å². The Balaban J connectivity index is 0.00000397. The molecule has 4 aromatic carbocycles. The van der Waals surface area contributed by atoms with Gasteiger partial charge < -0.3 is 29.5 Å². The number of fused-ring (bicyclic) bond motifs is 1. The molecule has 0 saturated carbocycles. The molecule has 0 radical (unpaired) electrons. The van der Waals surface area contributed by atoms with Gasteiger partial charge in [-0.3, -0.25) is 9.59 Å². The average molecular weight is 880 g/mol. The fourth-order valence-corrected chi connectivity index (χ4v) is 9.01. The van der Waals surface area contributed by atoms with Gasteiger partial charge in [-0.25, -0.2) is 15.0 Å². The number of carbonyl (C=O) groups is 2. The van der Waals surface area contributed by atoms with Crippen LogP contribution < -0.4 is 84.1 Å². The Morgan fingerprint density at radius 1 is 0.867 bits per heavy atom. The van der Waals surface area contributed by atoms with Crippen LogP contribution in [0.5, 0.6) is 5.75 Å². The molecule has 2 N–H and O–H groups in total. The number of phosphoric ester groups is 1. The molecule has 1 amide bonds. The summed E-state index contributed by atoms with van der Waals surface area (Å²) in [5.74, 6) is 0.502. The molecule has 0 aliphatic rings. The fraction of sp³-hybridized carbons (Fsp3) is 0.250. The van der Waals surface area contributed by atoms with Gasteiger partial charge in [-0.05, 0) is 104 Å². The third kappa shape index (κ3) is 13.0. The number of hydrogen-bond acceptors (Lipinski definition) is 12. The van der Waals surface area contributed by atoms with E-state index in [1.54, 1.807) is 19.9 Å². The zero-order valence-corrected chi connectivity index (χ0v) is 41.8. The van der Waals surface area contributed by atoms with Gasteiger partial charge in [0.05, 0.1) is 17.1 Å². The monoisotopic (exact) mass is 879 g/mol. The van der Waals surface area contributed by atoms with E-state index in [0.717, 1.165) is 54.2 Å². The summed E-state index contributed by atoms with van der Waals surface area (Å²) in [7, 11) is -5.32. The number of rotatable bonds is 14. The molecule has 6 rings (SSSR count). The molecule has 2 heterocycles. The Morgan fingerprint density at radius 3 is 2.22 bits per heavy atom. The molecular formula is C44H44N5Na2O6PS2. The topological polar surface area (TPSA) is 169 Å². The van der Waals surface area contributed by atoms with E-state index in [1.165, 1.54) is 24.2 Å². The number of thioether (sulfide) groups is 1. The molecule has 0 saturated heterocycles. The van der Waals surface area contributed by atoms with Gasteiger partial charge in [0, 0.05) is 43.3 Å². The first-order valence-electron chi connectivity index (χ1n) is 18.7. The molecule has 6 aromatic rings. The molecule has 0 aliphatic carbocycles. The molecular weight excluding hydrogens is 836 g/mol. The molecule has 0 unspecified atom stereocenters. The summed E-state index contributed by atoms with van der Waals surface area (Å²) in [6.45, 7) is 13.3. The SMILES string of the molecule is Cc1cc(C)c(C(C)(C)CC(=O)Sc2ccc(Sc3ccc(C(=O)N[C@@H](C)c4ccccc4)cc3Nc3ncnc4nc(C(C)C)ccc34)cc2)c(OP(=O)([O-])[O-])c1.[Na+].[Na+]. The fourth-order valence-electron chi connectivity index (χ4n) is 6.78. The standard InChI is InChI=1S/C44H46N5O6PS2.2Na/c1-26(2)35-19-18-34-41(48-35)45-25-46-42(34)49-36-23-31(43(51)47-29(5)30-11-9-8-10-12-30)13-20-38(36)57-32-14-16-33(17-15-32)58-39(50)24-44(6,7)40-28(4)21-27(3)22-37(40)55-56(52,53)54;;/h8-23,25-26,29H,24H2,1-7H3,(H,47,51)(H2,52,53,54)(H,45,46,48,49);;/q;2*+1/p-2/t29-;;/m0../s1. The molecule has 11 nitrogen and oxygen atoms in total. The van der Waals surface area contributed by atoms with Crippen molar-refractivity contribution in [3.63, 3.8) is 0 Å².